The van der Waals surface area contributed by atoms with E-state index in [1.807, 2.05) is 0 Å². The van der Waals surface area contributed by atoms with Crippen LogP contribution >= 0.6 is 0 Å². The summed E-state index contributed by atoms with van der Waals surface area (Å²) in [7, 11) is 1.74. The molecule has 1 aromatic rings. The lowest BCUT2D eigenvalue weighted by Crippen LogP contribution is -2.30. The van der Waals surface area contributed by atoms with E-state index in [1.54, 1.807) is 7.11 Å². The number of benzene rings is 1. The van der Waals surface area contributed by atoms with Crippen LogP contribution in [0.2, 0.25) is 0 Å². The van der Waals surface area contributed by atoms with E-state index >= 15 is 0 Å². The lowest BCUT2D eigenvalue weighted by atomic mass is 9.98. The summed E-state index contributed by atoms with van der Waals surface area (Å²) in [6, 6.07) is 6.96. The van der Waals surface area contributed by atoms with E-state index in [0.29, 0.717) is 18.1 Å². The molecule has 1 aromatic carbocycles. The third-order valence-corrected chi connectivity index (χ3v) is 4.81. The second kappa shape index (κ2) is 6.15. The highest BCUT2D eigenvalue weighted by atomic mass is 16.5. The number of aryl methyl sites for hydroxylation is 1. The fourth-order valence-corrected chi connectivity index (χ4v) is 3.59. The van der Waals surface area contributed by atoms with Crippen LogP contribution in [-0.2, 0) is 11.2 Å². The number of fused-ring (bicyclic) bond motifs is 1. The van der Waals surface area contributed by atoms with Crippen molar-refractivity contribution < 1.29 is 9.47 Å². The molecule has 3 atom stereocenters. The van der Waals surface area contributed by atoms with Gasteiger partial charge in [0, 0.05) is 19.2 Å². The highest BCUT2D eigenvalue weighted by molar-refractivity contribution is 5.40. The van der Waals surface area contributed by atoms with E-state index in [9.17, 15) is 0 Å². The first-order valence-electron chi connectivity index (χ1n) is 7.83. The molecule has 3 unspecified atom stereocenters. The molecule has 3 rings (SSSR count). The van der Waals surface area contributed by atoms with Gasteiger partial charge in [-0.15, -0.1) is 0 Å². The molecule has 20 heavy (non-hydrogen) atoms. The van der Waals surface area contributed by atoms with Gasteiger partial charge >= 0.3 is 0 Å². The van der Waals surface area contributed by atoms with Gasteiger partial charge in [0.05, 0.1) is 13.2 Å². The Labute approximate surface area is 121 Å². The van der Waals surface area contributed by atoms with Gasteiger partial charge in [-0.3, -0.25) is 0 Å². The number of hydrogen-bond acceptors (Lipinski definition) is 3. The Morgan fingerprint density at radius 3 is 3.05 bits per heavy atom. The standard InChI is InChI=1S/C17H25NO2/c1-3-17-13(8-9-20-17)11-18-16-7-5-12-4-6-14(19-2)10-15(12)16/h4,6,10,13,16-18H,3,5,7-9,11H2,1-2H3. The first kappa shape index (κ1) is 13.9. The van der Waals surface area contributed by atoms with Crippen LogP contribution in [0.4, 0.5) is 0 Å². The van der Waals surface area contributed by atoms with Crippen molar-refractivity contribution in [3.05, 3.63) is 29.3 Å². The molecule has 0 spiro atoms. The van der Waals surface area contributed by atoms with Crippen molar-refractivity contribution in [2.24, 2.45) is 5.92 Å². The van der Waals surface area contributed by atoms with Crippen LogP contribution in [0.15, 0.2) is 18.2 Å². The van der Waals surface area contributed by atoms with Gasteiger partial charge in [-0.05, 0) is 54.9 Å². The monoisotopic (exact) mass is 275 g/mol. The Morgan fingerprint density at radius 2 is 2.25 bits per heavy atom. The van der Waals surface area contributed by atoms with Crippen LogP contribution in [0.5, 0.6) is 5.75 Å². The number of hydrogen-bond donors (Lipinski definition) is 1. The molecule has 0 saturated carbocycles. The number of methoxy groups -OCH3 is 1. The number of ether oxygens (including phenoxy) is 2. The van der Waals surface area contributed by atoms with Gasteiger partial charge in [0.2, 0.25) is 0 Å². The van der Waals surface area contributed by atoms with Crippen molar-refractivity contribution in [1.82, 2.24) is 5.32 Å². The molecular formula is C17H25NO2. The minimum absolute atomic E-state index is 0.452. The van der Waals surface area contributed by atoms with E-state index < -0.39 is 0 Å². The lowest BCUT2D eigenvalue weighted by Gasteiger charge is -2.21. The van der Waals surface area contributed by atoms with Crippen LogP contribution in [0.1, 0.15) is 43.4 Å². The van der Waals surface area contributed by atoms with Gasteiger partial charge in [0.15, 0.2) is 0 Å². The molecule has 0 aromatic heterocycles. The molecule has 3 nitrogen and oxygen atoms in total. The summed E-state index contributed by atoms with van der Waals surface area (Å²) in [4.78, 5) is 0. The van der Waals surface area contributed by atoms with Crippen molar-refractivity contribution in [2.45, 2.75) is 44.8 Å². The molecule has 0 radical (unpaired) electrons. The van der Waals surface area contributed by atoms with Crippen LogP contribution in [0, 0.1) is 5.92 Å². The van der Waals surface area contributed by atoms with Gasteiger partial charge in [0.1, 0.15) is 5.75 Å². The van der Waals surface area contributed by atoms with E-state index in [4.69, 9.17) is 9.47 Å². The highest BCUT2D eigenvalue weighted by Crippen LogP contribution is 2.34. The Bertz CT molecular complexity index is 460. The minimum atomic E-state index is 0.452. The lowest BCUT2D eigenvalue weighted by molar-refractivity contribution is 0.0866. The third kappa shape index (κ3) is 2.70. The second-order valence-electron chi connectivity index (χ2n) is 5.93. The fourth-order valence-electron chi connectivity index (χ4n) is 3.59. The predicted molar refractivity (Wildman–Crippen MR) is 80.2 cm³/mol. The molecular weight excluding hydrogens is 250 g/mol. The first-order valence-corrected chi connectivity index (χ1v) is 7.83. The van der Waals surface area contributed by atoms with E-state index in [1.165, 1.54) is 30.4 Å². The van der Waals surface area contributed by atoms with Crippen molar-refractivity contribution in [2.75, 3.05) is 20.3 Å². The molecule has 1 heterocycles. The molecule has 1 aliphatic heterocycles. The van der Waals surface area contributed by atoms with Gasteiger partial charge in [0.25, 0.3) is 0 Å². The summed E-state index contributed by atoms with van der Waals surface area (Å²) in [5.41, 5.74) is 2.90. The summed E-state index contributed by atoms with van der Waals surface area (Å²) >= 11 is 0. The fraction of sp³-hybridized carbons (Fsp3) is 0.647. The average molecular weight is 275 g/mol. The molecule has 1 fully saturated rings. The summed E-state index contributed by atoms with van der Waals surface area (Å²) < 4.78 is 11.1. The Hall–Kier alpha value is -1.06. The molecule has 0 amide bonds. The Morgan fingerprint density at radius 1 is 1.35 bits per heavy atom. The van der Waals surface area contributed by atoms with Gasteiger partial charge < -0.3 is 14.8 Å². The van der Waals surface area contributed by atoms with Crippen LogP contribution in [0.25, 0.3) is 0 Å². The molecule has 3 heteroatoms. The SMILES string of the molecule is CCC1OCCC1CNC1CCc2ccc(OC)cc21. The highest BCUT2D eigenvalue weighted by Gasteiger charge is 2.29. The topological polar surface area (TPSA) is 30.5 Å². The third-order valence-electron chi connectivity index (χ3n) is 4.81. The van der Waals surface area contributed by atoms with Gasteiger partial charge in [-0.25, -0.2) is 0 Å². The molecule has 2 aliphatic rings. The summed E-state index contributed by atoms with van der Waals surface area (Å²) in [6.07, 6.45) is 5.15. The van der Waals surface area contributed by atoms with Gasteiger partial charge in [-0.1, -0.05) is 13.0 Å². The number of nitrogens with one attached hydrogen (secondary N) is 1. The van der Waals surface area contributed by atoms with E-state index in [-0.39, 0.29) is 0 Å². The maximum absolute atomic E-state index is 5.78. The summed E-state index contributed by atoms with van der Waals surface area (Å²) in [5.74, 6) is 1.64. The van der Waals surface area contributed by atoms with Crippen LogP contribution in [0.3, 0.4) is 0 Å². The maximum Gasteiger partial charge on any atom is 0.119 e. The van der Waals surface area contributed by atoms with Crippen LogP contribution < -0.4 is 10.1 Å². The zero-order valence-corrected chi connectivity index (χ0v) is 12.5. The minimum Gasteiger partial charge on any atom is -0.497 e. The maximum atomic E-state index is 5.78. The quantitative estimate of drug-likeness (QED) is 0.895. The smallest absolute Gasteiger partial charge is 0.119 e. The predicted octanol–water partition coefficient (Wildman–Crippen LogP) is 3.09. The first-order chi connectivity index (χ1) is 9.81. The van der Waals surface area contributed by atoms with Crippen molar-refractivity contribution in [3.63, 3.8) is 0 Å². The van der Waals surface area contributed by atoms with Crippen molar-refractivity contribution in [3.8, 4) is 5.75 Å². The summed E-state index contributed by atoms with van der Waals surface area (Å²) in [5, 5.41) is 3.76. The van der Waals surface area contributed by atoms with Crippen LogP contribution in [-0.4, -0.2) is 26.4 Å². The Kier molecular flexibility index (Phi) is 4.27. The molecule has 0 bridgehead atoms. The van der Waals surface area contributed by atoms with Crippen molar-refractivity contribution >= 4 is 0 Å². The van der Waals surface area contributed by atoms with E-state index in [0.717, 1.165) is 25.3 Å². The van der Waals surface area contributed by atoms with E-state index in [2.05, 4.69) is 30.4 Å². The zero-order valence-electron chi connectivity index (χ0n) is 12.5. The normalized spacial score (nSPS) is 28.6. The summed E-state index contributed by atoms with van der Waals surface area (Å²) in [6.45, 7) is 4.22. The molecule has 1 saturated heterocycles. The van der Waals surface area contributed by atoms with Crippen molar-refractivity contribution in [1.29, 1.82) is 0 Å². The second-order valence-corrected chi connectivity index (χ2v) is 5.93. The molecule has 1 N–H and O–H groups in total. The Balaban J connectivity index is 1.63. The largest absolute Gasteiger partial charge is 0.497 e. The molecule has 110 valence electrons. The zero-order chi connectivity index (χ0) is 13.9. The van der Waals surface area contributed by atoms with Gasteiger partial charge in [-0.2, -0.15) is 0 Å². The number of rotatable bonds is 5. The average Bonchev–Trinajstić information content (AvgIpc) is 3.10. The molecule has 1 aliphatic carbocycles.